The number of aliphatic hydroxyl groups is 1. The van der Waals surface area contributed by atoms with E-state index in [0.717, 1.165) is 14.7 Å². The highest BCUT2D eigenvalue weighted by atomic mass is 127. The first kappa shape index (κ1) is 11.9. The van der Waals surface area contributed by atoms with E-state index >= 15 is 0 Å². The number of hydrogen-bond acceptors (Lipinski definition) is 1. The van der Waals surface area contributed by atoms with Crippen LogP contribution in [0.25, 0.3) is 0 Å². The average Bonchev–Trinajstić information content (AvgIpc) is 2.30. The third-order valence-corrected chi connectivity index (χ3v) is 3.34. The van der Waals surface area contributed by atoms with Crippen LogP contribution in [0.5, 0.6) is 0 Å². The fraction of sp³-hybridized carbons (Fsp3) is 0.0769. The van der Waals surface area contributed by atoms with Gasteiger partial charge in [-0.05, 0) is 58.0 Å². The molecule has 0 heterocycles. The molecule has 1 unspecified atom stereocenters. The van der Waals surface area contributed by atoms with Crippen molar-refractivity contribution in [3.63, 3.8) is 0 Å². The van der Waals surface area contributed by atoms with Gasteiger partial charge in [-0.2, -0.15) is 0 Å². The Morgan fingerprint density at radius 1 is 0.875 bits per heavy atom. The highest BCUT2D eigenvalue weighted by Gasteiger charge is 2.09. The van der Waals surface area contributed by atoms with Gasteiger partial charge in [-0.25, -0.2) is 0 Å². The normalized spacial score (nSPS) is 12.4. The maximum Gasteiger partial charge on any atom is 0.104 e. The van der Waals surface area contributed by atoms with Gasteiger partial charge in [0, 0.05) is 8.59 Å². The second-order valence-corrected chi connectivity index (χ2v) is 5.19. The van der Waals surface area contributed by atoms with Gasteiger partial charge in [-0.1, -0.05) is 35.9 Å². The van der Waals surface area contributed by atoms with Crippen LogP contribution in [-0.4, -0.2) is 5.11 Å². The van der Waals surface area contributed by atoms with Crippen LogP contribution < -0.4 is 0 Å². The smallest absolute Gasteiger partial charge is 0.104 e. The molecule has 1 N–H and O–H groups in total. The molecule has 3 heteroatoms. The van der Waals surface area contributed by atoms with Crippen molar-refractivity contribution < 1.29 is 5.11 Å². The monoisotopic (exact) mass is 344 g/mol. The van der Waals surface area contributed by atoms with Crippen LogP contribution in [0.4, 0.5) is 0 Å². The fourth-order valence-electron chi connectivity index (χ4n) is 1.48. The summed E-state index contributed by atoms with van der Waals surface area (Å²) in [6.45, 7) is 0. The molecule has 0 amide bonds. The molecule has 0 saturated heterocycles. The largest absolute Gasteiger partial charge is 0.384 e. The second-order valence-electron chi connectivity index (χ2n) is 3.51. The highest BCUT2D eigenvalue weighted by molar-refractivity contribution is 14.1. The Labute approximate surface area is 113 Å². The van der Waals surface area contributed by atoms with Gasteiger partial charge in [0.25, 0.3) is 0 Å². The highest BCUT2D eigenvalue weighted by Crippen LogP contribution is 2.23. The van der Waals surface area contributed by atoms with E-state index in [1.165, 1.54) is 0 Å². The van der Waals surface area contributed by atoms with E-state index in [1.54, 1.807) is 12.1 Å². The van der Waals surface area contributed by atoms with Crippen molar-refractivity contribution in [2.75, 3.05) is 0 Å². The van der Waals surface area contributed by atoms with Crippen LogP contribution in [0.3, 0.4) is 0 Å². The van der Waals surface area contributed by atoms with E-state index in [0.29, 0.717) is 5.02 Å². The molecule has 2 rings (SSSR count). The summed E-state index contributed by atoms with van der Waals surface area (Å²) in [5.74, 6) is 0. The topological polar surface area (TPSA) is 20.2 Å². The molecule has 1 atom stereocenters. The lowest BCUT2D eigenvalue weighted by molar-refractivity contribution is 0.220. The number of halogens is 2. The first-order valence-corrected chi connectivity index (χ1v) is 6.31. The van der Waals surface area contributed by atoms with Crippen LogP contribution in [-0.2, 0) is 0 Å². The lowest BCUT2D eigenvalue weighted by atomic mass is 10.0. The Balaban J connectivity index is 2.28. The summed E-state index contributed by atoms with van der Waals surface area (Å²) < 4.78 is 1.16. The second kappa shape index (κ2) is 5.17. The molecule has 0 aliphatic heterocycles. The SMILES string of the molecule is OC(c1ccc(Cl)cc1)c1ccc(I)cc1. The van der Waals surface area contributed by atoms with Gasteiger partial charge in [0.05, 0.1) is 0 Å². The lowest BCUT2D eigenvalue weighted by Gasteiger charge is -2.11. The molecular formula is C13H10ClIO. The summed E-state index contributed by atoms with van der Waals surface area (Å²) in [4.78, 5) is 0. The van der Waals surface area contributed by atoms with Crippen molar-refractivity contribution in [2.24, 2.45) is 0 Å². The molecule has 0 bridgehead atoms. The zero-order chi connectivity index (χ0) is 11.5. The molecule has 0 aliphatic carbocycles. The fourth-order valence-corrected chi connectivity index (χ4v) is 1.97. The van der Waals surface area contributed by atoms with E-state index in [1.807, 2.05) is 36.4 Å². The van der Waals surface area contributed by atoms with E-state index in [-0.39, 0.29) is 0 Å². The Bertz CT molecular complexity index is 419. The summed E-state index contributed by atoms with van der Waals surface area (Å²) in [6, 6.07) is 15.1. The number of benzene rings is 2. The van der Waals surface area contributed by atoms with Gasteiger partial charge in [0.1, 0.15) is 6.10 Å². The summed E-state index contributed by atoms with van der Waals surface area (Å²) >= 11 is 8.04. The standard InChI is InChI=1S/C13H10ClIO/c14-11-5-1-9(2-6-11)13(16)10-3-7-12(15)8-4-10/h1-8,13,16H. The average molecular weight is 345 g/mol. The first-order chi connectivity index (χ1) is 7.66. The van der Waals surface area contributed by atoms with Gasteiger partial charge >= 0.3 is 0 Å². The molecule has 0 spiro atoms. The molecule has 0 fully saturated rings. The summed E-state index contributed by atoms with van der Waals surface area (Å²) in [7, 11) is 0. The van der Waals surface area contributed by atoms with Gasteiger partial charge in [-0.3, -0.25) is 0 Å². The van der Waals surface area contributed by atoms with Crippen LogP contribution in [0.2, 0.25) is 5.02 Å². The molecule has 2 aromatic carbocycles. The molecule has 82 valence electrons. The van der Waals surface area contributed by atoms with Crippen LogP contribution in [0, 0.1) is 3.57 Å². The molecule has 0 aromatic heterocycles. The Morgan fingerprint density at radius 2 is 1.31 bits per heavy atom. The Hall–Kier alpha value is -0.580. The molecule has 16 heavy (non-hydrogen) atoms. The molecule has 2 aromatic rings. The predicted molar refractivity (Wildman–Crippen MR) is 74.7 cm³/mol. The molecule has 1 nitrogen and oxygen atoms in total. The first-order valence-electron chi connectivity index (χ1n) is 4.86. The predicted octanol–water partition coefficient (Wildman–Crippen LogP) is 4.03. The van der Waals surface area contributed by atoms with Gasteiger partial charge in [-0.15, -0.1) is 0 Å². The zero-order valence-corrected chi connectivity index (χ0v) is 11.3. The number of hydrogen-bond donors (Lipinski definition) is 1. The quantitative estimate of drug-likeness (QED) is 0.816. The van der Waals surface area contributed by atoms with E-state index in [9.17, 15) is 5.11 Å². The minimum absolute atomic E-state index is 0.589. The maximum atomic E-state index is 10.1. The van der Waals surface area contributed by atoms with Crippen molar-refractivity contribution in [3.05, 3.63) is 68.3 Å². The third kappa shape index (κ3) is 2.75. The van der Waals surface area contributed by atoms with Gasteiger partial charge in [0.15, 0.2) is 0 Å². The van der Waals surface area contributed by atoms with E-state index in [2.05, 4.69) is 22.6 Å². The summed E-state index contributed by atoms with van der Waals surface area (Å²) in [5.41, 5.74) is 1.74. The van der Waals surface area contributed by atoms with Crippen LogP contribution in [0.1, 0.15) is 17.2 Å². The molecule has 0 aliphatic rings. The minimum Gasteiger partial charge on any atom is -0.384 e. The maximum absolute atomic E-state index is 10.1. The third-order valence-electron chi connectivity index (χ3n) is 2.37. The number of aliphatic hydroxyl groups excluding tert-OH is 1. The number of rotatable bonds is 2. The van der Waals surface area contributed by atoms with Crippen molar-refractivity contribution in [1.29, 1.82) is 0 Å². The van der Waals surface area contributed by atoms with Gasteiger partial charge < -0.3 is 5.11 Å². The van der Waals surface area contributed by atoms with Gasteiger partial charge in [0.2, 0.25) is 0 Å². The van der Waals surface area contributed by atoms with Crippen molar-refractivity contribution in [3.8, 4) is 0 Å². The van der Waals surface area contributed by atoms with Crippen LogP contribution in [0.15, 0.2) is 48.5 Å². The van der Waals surface area contributed by atoms with Crippen LogP contribution >= 0.6 is 34.2 Å². The summed E-state index contributed by atoms with van der Waals surface area (Å²) in [6.07, 6.45) is -0.589. The molecule has 0 saturated carbocycles. The molecular weight excluding hydrogens is 334 g/mol. The zero-order valence-electron chi connectivity index (χ0n) is 8.40. The minimum atomic E-state index is -0.589. The van der Waals surface area contributed by atoms with Crippen molar-refractivity contribution >= 4 is 34.2 Å². The molecule has 0 radical (unpaired) electrons. The lowest BCUT2D eigenvalue weighted by Crippen LogP contribution is -1.98. The Kier molecular flexibility index (Phi) is 3.84. The van der Waals surface area contributed by atoms with E-state index < -0.39 is 6.10 Å². The summed E-state index contributed by atoms with van der Waals surface area (Å²) in [5, 5.41) is 10.8. The van der Waals surface area contributed by atoms with Crippen molar-refractivity contribution in [2.45, 2.75) is 6.10 Å². The van der Waals surface area contributed by atoms with E-state index in [4.69, 9.17) is 11.6 Å². The van der Waals surface area contributed by atoms with Crippen molar-refractivity contribution in [1.82, 2.24) is 0 Å². The Morgan fingerprint density at radius 3 is 1.81 bits per heavy atom.